The van der Waals surface area contributed by atoms with E-state index in [-0.39, 0.29) is 14.5 Å². The molecule has 0 saturated carbocycles. The second-order valence-corrected chi connectivity index (χ2v) is 7.57. The van der Waals surface area contributed by atoms with Gasteiger partial charge in [0.15, 0.2) is 5.82 Å². The SMILES string of the molecule is O=S(=O)(Nc1c(F)cc(F)cc1Br)c1cc(Br)cnc1Cl. The molecule has 0 unspecified atom stereocenters. The lowest BCUT2D eigenvalue weighted by Gasteiger charge is -2.11. The van der Waals surface area contributed by atoms with Crippen molar-refractivity contribution in [2.45, 2.75) is 4.90 Å². The fourth-order valence-electron chi connectivity index (χ4n) is 1.42. The van der Waals surface area contributed by atoms with Gasteiger partial charge in [-0.1, -0.05) is 11.6 Å². The van der Waals surface area contributed by atoms with Gasteiger partial charge < -0.3 is 0 Å². The van der Waals surface area contributed by atoms with Crippen LogP contribution in [-0.4, -0.2) is 13.4 Å². The average Bonchev–Trinajstić information content (AvgIpc) is 2.36. The first-order chi connectivity index (χ1) is 9.70. The van der Waals surface area contributed by atoms with Gasteiger partial charge in [-0.15, -0.1) is 0 Å². The van der Waals surface area contributed by atoms with Crippen LogP contribution in [0.1, 0.15) is 0 Å². The molecule has 0 aliphatic carbocycles. The second kappa shape index (κ2) is 6.15. The van der Waals surface area contributed by atoms with Crippen LogP contribution < -0.4 is 4.72 Å². The maximum atomic E-state index is 13.7. The number of rotatable bonds is 3. The molecule has 1 heterocycles. The quantitative estimate of drug-likeness (QED) is 0.691. The van der Waals surface area contributed by atoms with Crippen molar-refractivity contribution in [3.63, 3.8) is 0 Å². The number of pyridine rings is 1. The van der Waals surface area contributed by atoms with Crippen molar-refractivity contribution in [2.24, 2.45) is 0 Å². The lowest BCUT2D eigenvalue weighted by atomic mass is 10.3. The summed E-state index contributed by atoms with van der Waals surface area (Å²) in [6.45, 7) is 0. The van der Waals surface area contributed by atoms with Crippen molar-refractivity contribution in [2.75, 3.05) is 4.72 Å². The van der Waals surface area contributed by atoms with Crippen LogP contribution in [0.4, 0.5) is 14.5 Å². The zero-order valence-corrected chi connectivity index (χ0v) is 14.6. The number of sulfonamides is 1. The Balaban J connectivity index is 2.50. The molecule has 1 N–H and O–H groups in total. The number of hydrogen-bond acceptors (Lipinski definition) is 3. The summed E-state index contributed by atoms with van der Waals surface area (Å²) in [5, 5.41) is -0.274. The van der Waals surface area contributed by atoms with Crippen LogP contribution in [0.25, 0.3) is 0 Å². The molecule has 2 aromatic rings. The molecule has 0 aliphatic rings. The molecular weight excluding hydrogens is 457 g/mol. The number of hydrogen-bond donors (Lipinski definition) is 1. The van der Waals surface area contributed by atoms with Crippen LogP contribution in [0.2, 0.25) is 5.15 Å². The predicted octanol–water partition coefficient (Wildman–Crippen LogP) is 4.34. The molecule has 0 atom stereocenters. The van der Waals surface area contributed by atoms with Crippen molar-refractivity contribution in [3.05, 3.63) is 50.1 Å². The summed E-state index contributed by atoms with van der Waals surface area (Å²) < 4.78 is 53.4. The Kier molecular flexibility index (Phi) is 4.86. The highest BCUT2D eigenvalue weighted by molar-refractivity contribution is 9.10. The van der Waals surface area contributed by atoms with E-state index in [2.05, 4.69) is 36.8 Å². The lowest BCUT2D eigenvalue weighted by molar-refractivity contribution is 0.581. The molecule has 1 aromatic carbocycles. The third-order valence-corrected chi connectivity index (χ3v) is 5.14. The van der Waals surface area contributed by atoms with E-state index in [4.69, 9.17) is 11.6 Å². The van der Waals surface area contributed by atoms with E-state index in [1.54, 1.807) is 0 Å². The topological polar surface area (TPSA) is 59.1 Å². The van der Waals surface area contributed by atoms with E-state index in [0.29, 0.717) is 10.5 Å². The van der Waals surface area contributed by atoms with Crippen molar-refractivity contribution in [1.82, 2.24) is 4.98 Å². The zero-order valence-electron chi connectivity index (χ0n) is 9.87. The number of nitrogens with zero attached hydrogens (tertiary/aromatic N) is 1. The number of halogens is 5. The summed E-state index contributed by atoms with van der Waals surface area (Å²) in [6, 6.07) is 2.71. The zero-order chi connectivity index (χ0) is 15.8. The fourth-order valence-corrected chi connectivity index (χ4v) is 4.09. The molecule has 0 aliphatic heterocycles. The first kappa shape index (κ1) is 16.6. The normalized spacial score (nSPS) is 11.5. The van der Waals surface area contributed by atoms with Gasteiger partial charge in [0.1, 0.15) is 15.9 Å². The number of benzene rings is 1. The van der Waals surface area contributed by atoms with Crippen molar-refractivity contribution in [3.8, 4) is 0 Å². The summed E-state index contributed by atoms with van der Waals surface area (Å²) in [7, 11) is -4.19. The molecule has 0 bridgehead atoms. The molecule has 0 amide bonds. The molecule has 112 valence electrons. The van der Waals surface area contributed by atoms with E-state index in [1.807, 2.05) is 4.72 Å². The molecule has 0 radical (unpaired) electrons. The van der Waals surface area contributed by atoms with Gasteiger partial charge in [-0.05, 0) is 44.0 Å². The van der Waals surface area contributed by atoms with Crippen LogP contribution in [0.15, 0.2) is 38.2 Å². The van der Waals surface area contributed by atoms with Crippen LogP contribution in [0.3, 0.4) is 0 Å². The van der Waals surface area contributed by atoms with Gasteiger partial charge in [0.25, 0.3) is 10.0 Å². The Hall–Kier alpha value is -0.770. The summed E-state index contributed by atoms with van der Waals surface area (Å²) in [6.07, 6.45) is 1.32. The van der Waals surface area contributed by atoms with Crippen molar-refractivity contribution in [1.29, 1.82) is 0 Å². The highest BCUT2D eigenvalue weighted by Gasteiger charge is 2.22. The lowest BCUT2D eigenvalue weighted by Crippen LogP contribution is -2.15. The molecule has 10 heteroatoms. The molecule has 21 heavy (non-hydrogen) atoms. The molecule has 0 fully saturated rings. The molecule has 4 nitrogen and oxygen atoms in total. The smallest absolute Gasteiger partial charge is 0.265 e. The van der Waals surface area contributed by atoms with Crippen LogP contribution in [-0.2, 0) is 10.0 Å². The molecule has 2 rings (SSSR count). The minimum Gasteiger partial charge on any atom is -0.275 e. The first-order valence-electron chi connectivity index (χ1n) is 5.19. The average molecular weight is 462 g/mol. The maximum Gasteiger partial charge on any atom is 0.265 e. The maximum absolute atomic E-state index is 13.7. The Morgan fingerprint density at radius 1 is 1.19 bits per heavy atom. The van der Waals surface area contributed by atoms with Gasteiger partial charge >= 0.3 is 0 Å². The Morgan fingerprint density at radius 2 is 1.86 bits per heavy atom. The summed E-state index contributed by atoms with van der Waals surface area (Å²) in [5.74, 6) is -1.91. The van der Waals surface area contributed by atoms with Gasteiger partial charge in [-0.3, -0.25) is 4.72 Å². The Bertz CT molecular complexity index is 795. The summed E-state index contributed by atoms with van der Waals surface area (Å²) in [4.78, 5) is 3.34. The Morgan fingerprint density at radius 3 is 2.48 bits per heavy atom. The predicted molar refractivity (Wildman–Crippen MR) is 81.8 cm³/mol. The van der Waals surface area contributed by atoms with Crippen molar-refractivity contribution >= 4 is 59.2 Å². The van der Waals surface area contributed by atoms with Gasteiger partial charge in [-0.25, -0.2) is 22.2 Å². The summed E-state index contributed by atoms with van der Waals surface area (Å²) in [5.41, 5.74) is -0.424. The Labute approximate surface area is 140 Å². The van der Waals surface area contributed by atoms with E-state index >= 15 is 0 Å². The largest absolute Gasteiger partial charge is 0.275 e. The third kappa shape index (κ3) is 3.71. The highest BCUT2D eigenvalue weighted by Crippen LogP contribution is 2.31. The van der Waals surface area contributed by atoms with E-state index in [1.165, 1.54) is 12.3 Å². The van der Waals surface area contributed by atoms with Crippen LogP contribution in [0, 0.1) is 11.6 Å². The second-order valence-electron chi connectivity index (χ2n) is 3.79. The van der Waals surface area contributed by atoms with Gasteiger partial charge in [0.2, 0.25) is 0 Å². The van der Waals surface area contributed by atoms with E-state index in [0.717, 1.165) is 6.07 Å². The standard InChI is InChI=1S/C11H5Br2ClF2N2O2S/c12-5-1-9(11(14)17-4-5)21(19,20)18-10-7(13)2-6(15)3-8(10)16/h1-4,18H. The monoisotopic (exact) mass is 460 g/mol. The number of anilines is 1. The van der Waals surface area contributed by atoms with Gasteiger partial charge in [0.05, 0.1) is 5.69 Å². The molecule has 0 spiro atoms. The third-order valence-electron chi connectivity index (χ3n) is 2.31. The molecule has 0 saturated heterocycles. The molecular formula is C11H5Br2ClF2N2O2S. The fraction of sp³-hybridized carbons (Fsp3) is 0. The minimum absolute atomic E-state index is 0.0809. The van der Waals surface area contributed by atoms with Gasteiger partial charge in [-0.2, -0.15) is 0 Å². The molecule has 1 aromatic heterocycles. The minimum atomic E-state index is -4.19. The van der Waals surface area contributed by atoms with Gasteiger partial charge in [0, 0.05) is 21.2 Å². The van der Waals surface area contributed by atoms with E-state index < -0.39 is 27.3 Å². The number of aromatic nitrogens is 1. The van der Waals surface area contributed by atoms with Crippen LogP contribution >= 0.6 is 43.5 Å². The highest BCUT2D eigenvalue weighted by atomic mass is 79.9. The van der Waals surface area contributed by atoms with Crippen molar-refractivity contribution < 1.29 is 17.2 Å². The number of nitrogens with one attached hydrogen (secondary N) is 1. The van der Waals surface area contributed by atoms with Crippen LogP contribution in [0.5, 0.6) is 0 Å². The first-order valence-corrected chi connectivity index (χ1v) is 8.64. The van der Waals surface area contributed by atoms with E-state index in [9.17, 15) is 17.2 Å². The summed E-state index contributed by atoms with van der Waals surface area (Å²) >= 11 is 11.7.